The van der Waals surface area contributed by atoms with Crippen molar-refractivity contribution in [2.75, 3.05) is 5.32 Å². The number of fused-ring (bicyclic) bond motifs is 1. The first-order valence-corrected chi connectivity index (χ1v) is 11.5. The van der Waals surface area contributed by atoms with Crippen molar-refractivity contribution in [1.29, 1.82) is 0 Å². The SMILES string of the molecule is O=C(Nc1ccc(/C=N/NS(=O)(=O)c2ccc3ccccc3c2)cc1)c1ccc([N+](=O)[O-])cc1. The van der Waals surface area contributed by atoms with E-state index in [1.54, 1.807) is 36.4 Å². The minimum absolute atomic E-state index is 0.101. The van der Waals surface area contributed by atoms with Crippen LogP contribution in [0.3, 0.4) is 0 Å². The van der Waals surface area contributed by atoms with Crippen molar-refractivity contribution in [2.24, 2.45) is 5.10 Å². The first-order chi connectivity index (χ1) is 16.3. The van der Waals surface area contributed by atoms with Crippen molar-refractivity contribution in [2.45, 2.75) is 4.90 Å². The lowest BCUT2D eigenvalue weighted by atomic mass is 10.1. The summed E-state index contributed by atoms with van der Waals surface area (Å²) in [5.74, 6) is -0.417. The number of non-ortho nitro benzene ring substituents is 1. The van der Waals surface area contributed by atoms with Gasteiger partial charge < -0.3 is 5.32 Å². The molecule has 0 fully saturated rings. The Hall–Kier alpha value is -4.57. The van der Waals surface area contributed by atoms with E-state index in [4.69, 9.17) is 0 Å². The van der Waals surface area contributed by atoms with Crippen LogP contribution in [-0.2, 0) is 10.0 Å². The predicted octanol–water partition coefficient (Wildman–Crippen LogP) is 4.31. The monoisotopic (exact) mass is 474 g/mol. The Bertz CT molecular complexity index is 1500. The minimum Gasteiger partial charge on any atom is -0.322 e. The number of hydrazone groups is 1. The van der Waals surface area contributed by atoms with E-state index >= 15 is 0 Å². The molecule has 4 aromatic rings. The van der Waals surface area contributed by atoms with E-state index in [1.165, 1.54) is 36.5 Å². The van der Waals surface area contributed by atoms with E-state index in [1.807, 2.05) is 24.3 Å². The first-order valence-electron chi connectivity index (χ1n) is 10.0. The Labute approximate surface area is 194 Å². The van der Waals surface area contributed by atoms with Gasteiger partial charge in [0.05, 0.1) is 16.0 Å². The number of nitrogens with zero attached hydrogens (tertiary/aromatic N) is 2. The molecule has 0 aliphatic rings. The third kappa shape index (κ3) is 5.25. The number of amides is 1. The van der Waals surface area contributed by atoms with Gasteiger partial charge in [-0.3, -0.25) is 14.9 Å². The Morgan fingerprint density at radius 1 is 0.882 bits per heavy atom. The number of hydrogen-bond donors (Lipinski definition) is 2. The summed E-state index contributed by atoms with van der Waals surface area (Å²) in [5, 5.41) is 19.0. The summed E-state index contributed by atoms with van der Waals surface area (Å²) < 4.78 is 25.0. The number of nitro benzene ring substituents is 1. The molecule has 170 valence electrons. The van der Waals surface area contributed by atoms with Gasteiger partial charge in [-0.1, -0.05) is 42.5 Å². The number of nitro groups is 1. The van der Waals surface area contributed by atoms with Crippen LogP contribution in [0.4, 0.5) is 11.4 Å². The Morgan fingerprint density at radius 3 is 2.24 bits per heavy atom. The zero-order valence-corrected chi connectivity index (χ0v) is 18.4. The van der Waals surface area contributed by atoms with E-state index in [0.717, 1.165) is 10.8 Å². The molecule has 1 amide bonds. The summed E-state index contributed by atoms with van der Waals surface area (Å²) in [6.45, 7) is 0. The molecule has 0 heterocycles. The third-order valence-electron chi connectivity index (χ3n) is 4.93. The quantitative estimate of drug-likeness (QED) is 0.234. The molecule has 0 atom stereocenters. The molecule has 0 bridgehead atoms. The van der Waals surface area contributed by atoms with E-state index in [0.29, 0.717) is 11.3 Å². The fourth-order valence-electron chi connectivity index (χ4n) is 3.15. The number of carbonyl (C=O) groups is 1. The average Bonchev–Trinajstić information content (AvgIpc) is 2.84. The number of nitrogens with one attached hydrogen (secondary N) is 2. The average molecular weight is 474 g/mol. The van der Waals surface area contributed by atoms with Crippen LogP contribution in [0.15, 0.2) is 101 Å². The largest absolute Gasteiger partial charge is 0.322 e. The number of rotatable bonds is 7. The maximum Gasteiger partial charge on any atom is 0.276 e. The smallest absolute Gasteiger partial charge is 0.276 e. The van der Waals surface area contributed by atoms with Gasteiger partial charge in [-0.25, -0.2) is 4.83 Å². The van der Waals surface area contributed by atoms with Gasteiger partial charge in [-0.15, -0.1) is 0 Å². The van der Waals surface area contributed by atoms with Crippen LogP contribution in [0.5, 0.6) is 0 Å². The van der Waals surface area contributed by atoms with Crippen molar-refractivity contribution in [3.63, 3.8) is 0 Å². The number of hydrogen-bond acceptors (Lipinski definition) is 6. The topological polar surface area (TPSA) is 131 Å². The van der Waals surface area contributed by atoms with Gasteiger partial charge in [0, 0.05) is 23.4 Å². The summed E-state index contributed by atoms with van der Waals surface area (Å²) in [6, 6.07) is 24.1. The Kier molecular flexibility index (Phi) is 6.33. The lowest BCUT2D eigenvalue weighted by molar-refractivity contribution is -0.384. The summed E-state index contributed by atoms with van der Waals surface area (Å²) in [5.41, 5.74) is 1.28. The van der Waals surface area contributed by atoms with Crippen molar-refractivity contribution in [3.05, 3.63) is 112 Å². The van der Waals surface area contributed by atoms with Crippen LogP contribution in [0.25, 0.3) is 10.8 Å². The second kappa shape index (κ2) is 9.51. The molecule has 0 aliphatic heterocycles. The highest BCUT2D eigenvalue weighted by atomic mass is 32.2. The van der Waals surface area contributed by atoms with Gasteiger partial charge in [-0.2, -0.15) is 13.5 Å². The molecular weight excluding hydrogens is 456 g/mol. The molecule has 0 aromatic heterocycles. The molecule has 9 nitrogen and oxygen atoms in total. The van der Waals surface area contributed by atoms with E-state index in [2.05, 4.69) is 15.2 Å². The Morgan fingerprint density at radius 2 is 1.56 bits per heavy atom. The second-order valence-electron chi connectivity index (χ2n) is 7.24. The van der Waals surface area contributed by atoms with Crippen LogP contribution in [-0.4, -0.2) is 25.5 Å². The molecular formula is C24H18N4O5S. The highest BCUT2D eigenvalue weighted by Crippen LogP contribution is 2.19. The van der Waals surface area contributed by atoms with Crippen LogP contribution >= 0.6 is 0 Å². The van der Waals surface area contributed by atoms with E-state index < -0.39 is 20.9 Å². The summed E-state index contributed by atoms with van der Waals surface area (Å²) in [4.78, 5) is 24.8. The maximum atomic E-state index is 12.5. The fourth-order valence-corrected chi connectivity index (χ4v) is 3.97. The van der Waals surface area contributed by atoms with Crippen molar-refractivity contribution in [3.8, 4) is 0 Å². The summed E-state index contributed by atoms with van der Waals surface area (Å²) in [7, 11) is -3.83. The number of anilines is 1. The van der Waals surface area contributed by atoms with Crippen LogP contribution in [0, 0.1) is 10.1 Å². The van der Waals surface area contributed by atoms with Gasteiger partial charge in [0.2, 0.25) is 0 Å². The molecule has 34 heavy (non-hydrogen) atoms. The summed E-state index contributed by atoms with van der Waals surface area (Å²) in [6.07, 6.45) is 1.35. The lowest BCUT2D eigenvalue weighted by Gasteiger charge is -2.06. The van der Waals surface area contributed by atoms with E-state index in [-0.39, 0.29) is 16.1 Å². The fraction of sp³-hybridized carbons (Fsp3) is 0. The molecule has 0 radical (unpaired) electrons. The van der Waals surface area contributed by atoms with Crippen molar-refractivity contribution < 1.29 is 18.1 Å². The molecule has 4 aromatic carbocycles. The van der Waals surface area contributed by atoms with Crippen molar-refractivity contribution in [1.82, 2.24) is 4.83 Å². The van der Waals surface area contributed by atoms with Crippen molar-refractivity contribution >= 4 is 44.3 Å². The third-order valence-corrected chi connectivity index (χ3v) is 6.15. The molecule has 0 aliphatic carbocycles. The highest BCUT2D eigenvalue weighted by Gasteiger charge is 2.13. The van der Waals surface area contributed by atoms with Gasteiger partial charge in [0.25, 0.3) is 21.6 Å². The molecule has 0 saturated heterocycles. The van der Waals surface area contributed by atoms with E-state index in [9.17, 15) is 23.3 Å². The number of benzene rings is 4. The maximum absolute atomic E-state index is 12.5. The van der Waals surface area contributed by atoms with Gasteiger partial charge in [-0.05, 0) is 52.7 Å². The minimum atomic E-state index is -3.83. The molecule has 2 N–H and O–H groups in total. The van der Waals surface area contributed by atoms with Crippen LogP contribution in [0.2, 0.25) is 0 Å². The standard InChI is InChI=1S/C24H18N4O5S/c29-24(19-7-12-22(13-8-19)28(30)31)26-21-10-5-17(6-11-21)16-25-27-34(32,33)23-14-9-18-3-1-2-4-20(18)15-23/h1-16,27H,(H,26,29)/b25-16+. The Balaban J connectivity index is 1.38. The summed E-state index contributed by atoms with van der Waals surface area (Å²) >= 11 is 0. The molecule has 0 spiro atoms. The zero-order valence-electron chi connectivity index (χ0n) is 17.6. The first kappa shape index (κ1) is 22.6. The van der Waals surface area contributed by atoms with Crippen LogP contribution in [0.1, 0.15) is 15.9 Å². The molecule has 4 rings (SSSR count). The molecule has 10 heteroatoms. The van der Waals surface area contributed by atoms with Crippen LogP contribution < -0.4 is 10.1 Å². The predicted molar refractivity (Wildman–Crippen MR) is 129 cm³/mol. The van der Waals surface area contributed by atoms with Gasteiger partial charge in [0.15, 0.2) is 0 Å². The van der Waals surface area contributed by atoms with Gasteiger partial charge >= 0.3 is 0 Å². The highest BCUT2D eigenvalue weighted by molar-refractivity contribution is 7.89. The number of carbonyl (C=O) groups excluding carboxylic acids is 1. The normalized spacial score (nSPS) is 11.4. The molecule has 0 saturated carbocycles. The van der Waals surface area contributed by atoms with Gasteiger partial charge in [0.1, 0.15) is 0 Å². The lowest BCUT2D eigenvalue weighted by Crippen LogP contribution is -2.18. The molecule has 0 unspecified atom stereocenters. The second-order valence-corrected chi connectivity index (χ2v) is 8.90. The number of sulfonamides is 1. The zero-order chi connectivity index (χ0) is 24.1.